The van der Waals surface area contributed by atoms with Gasteiger partial charge in [-0.15, -0.1) is 0 Å². The maximum absolute atomic E-state index is 11.7. The van der Waals surface area contributed by atoms with Crippen LogP contribution in [0, 0.1) is 20.4 Å². The van der Waals surface area contributed by atoms with E-state index in [1.54, 1.807) is 12.3 Å². The number of carbonyl (C=O) groups is 2. The number of primary amides is 1. The second-order valence-electron chi connectivity index (χ2n) is 9.98. The minimum absolute atomic E-state index is 0.138. The van der Waals surface area contributed by atoms with Gasteiger partial charge in [0.15, 0.2) is 0 Å². The largest absolute Gasteiger partial charge is 0.488 e. The molecule has 4 rings (SSSR count). The van der Waals surface area contributed by atoms with Crippen molar-refractivity contribution in [3.63, 3.8) is 0 Å². The number of nitrogens with zero attached hydrogens (tertiary/aromatic N) is 2. The normalized spacial score (nSPS) is 11.4. The predicted molar refractivity (Wildman–Crippen MR) is 162 cm³/mol. The number of aliphatic carboxylic acids is 1. The number of amides is 1. The topological polar surface area (TPSA) is 131 Å². The van der Waals surface area contributed by atoms with Gasteiger partial charge >= 0.3 is 5.97 Å². The lowest BCUT2D eigenvalue weighted by atomic mass is 9.96. The standard InChI is InChI=1S/C33H33N5O4/c1-21-12-26(18-38-30(33(40)41)15-32(34)39)31(42-20-23-13-27(35-3)19-36-16-23)14-29(21)37-17-25-10-7-11-28(22(25)2)24-8-5-4-6-9-24/h4-14,16,19,30,37-38H,15,17-18,20H2,1-2H3,(H2,34,39)(H,40,41)/t30-/m1/s1. The molecule has 0 aliphatic carbocycles. The zero-order chi connectivity index (χ0) is 30.1. The van der Waals surface area contributed by atoms with Crippen LogP contribution in [0.5, 0.6) is 5.75 Å². The summed E-state index contributed by atoms with van der Waals surface area (Å²) in [4.78, 5) is 30.6. The molecule has 9 nitrogen and oxygen atoms in total. The van der Waals surface area contributed by atoms with Crippen LogP contribution in [0.15, 0.2) is 79.1 Å². The van der Waals surface area contributed by atoms with Crippen LogP contribution in [0.25, 0.3) is 16.0 Å². The molecular formula is C33H33N5O4. The average molecular weight is 564 g/mol. The lowest BCUT2D eigenvalue weighted by Crippen LogP contribution is -2.39. The first-order chi connectivity index (χ1) is 20.2. The third kappa shape index (κ3) is 7.71. The number of hydrogen-bond acceptors (Lipinski definition) is 6. The first-order valence-electron chi connectivity index (χ1n) is 13.4. The molecule has 0 aliphatic rings. The van der Waals surface area contributed by atoms with Crippen LogP contribution in [0.2, 0.25) is 0 Å². The number of benzene rings is 3. The average Bonchev–Trinajstić information content (AvgIpc) is 2.99. The van der Waals surface area contributed by atoms with Crippen LogP contribution in [0.1, 0.15) is 34.2 Å². The Balaban J connectivity index is 1.59. The number of nitrogens with one attached hydrogen (secondary N) is 2. The highest BCUT2D eigenvalue weighted by Gasteiger charge is 2.20. The van der Waals surface area contributed by atoms with Crippen molar-refractivity contribution in [3.05, 3.63) is 118 Å². The number of rotatable bonds is 13. The fourth-order valence-electron chi connectivity index (χ4n) is 4.66. The smallest absolute Gasteiger partial charge is 0.321 e. The Morgan fingerprint density at radius 2 is 1.81 bits per heavy atom. The number of carboxylic acid groups (broad SMARTS) is 1. The Hall–Kier alpha value is -5.20. The van der Waals surface area contributed by atoms with E-state index in [-0.39, 0.29) is 19.6 Å². The molecule has 9 heteroatoms. The van der Waals surface area contributed by atoms with E-state index < -0.39 is 17.9 Å². The molecule has 5 N–H and O–H groups in total. The molecule has 0 bridgehead atoms. The van der Waals surface area contributed by atoms with Crippen LogP contribution in [-0.4, -0.2) is 28.0 Å². The Labute approximate surface area is 245 Å². The molecule has 0 radical (unpaired) electrons. The van der Waals surface area contributed by atoms with Gasteiger partial charge < -0.3 is 20.9 Å². The minimum atomic E-state index is -1.17. The van der Waals surface area contributed by atoms with E-state index >= 15 is 0 Å². The second-order valence-corrected chi connectivity index (χ2v) is 9.98. The van der Waals surface area contributed by atoms with Crippen molar-refractivity contribution in [1.82, 2.24) is 10.3 Å². The summed E-state index contributed by atoms with van der Waals surface area (Å²) >= 11 is 0. The van der Waals surface area contributed by atoms with Crippen molar-refractivity contribution in [3.8, 4) is 16.9 Å². The highest BCUT2D eigenvalue weighted by Crippen LogP contribution is 2.30. The summed E-state index contributed by atoms with van der Waals surface area (Å²) in [6.07, 6.45) is 2.79. The van der Waals surface area contributed by atoms with E-state index in [0.29, 0.717) is 23.5 Å². The number of anilines is 1. The summed E-state index contributed by atoms with van der Waals surface area (Å²) in [5.74, 6) is -1.34. The molecule has 214 valence electrons. The SMILES string of the molecule is [C-]#[N+]c1cncc(COc2cc(NCc3cccc(-c4ccccc4)c3C)c(C)cc2CN[C@H](CC(N)=O)C(=O)O)c1. The third-order valence-corrected chi connectivity index (χ3v) is 6.95. The van der Waals surface area contributed by atoms with E-state index in [4.69, 9.17) is 17.0 Å². The summed E-state index contributed by atoms with van der Waals surface area (Å²) in [7, 11) is 0. The number of ether oxygens (including phenoxy) is 1. The molecule has 1 aromatic heterocycles. The predicted octanol–water partition coefficient (Wildman–Crippen LogP) is 5.53. The molecule has 0 unspecified atom stereocenters. The molecule has 0 aliphatic heterocycles. The number of nitrogens with two attached hydrogens (primary N) is 1. The molecule has 1 atom stereocenters. The van der Waals surface area contributed by atoms with Crippen LogP contribution in [0.3, 0.4) is 0 Å². The van der Waals surface area contributed by atoms with E-state index in [1.165, 1.54) is 17.3 Å². The van der Waals surface area contributed by atoms with E-state index in [1.807, 2.05) is 37.3 Å². The van der Waals surface area contributed by atoms with Gasteiger partial charge in [0.05, 0.1) is 13.0 Å². The maximum atomic E-state index is 11.7. The van der Waals surface area contributed by atoms with Gasteiger partial charge in [-0.25, -0.2) is 4.85 Å². The van der Waals surface area contributed by atoms with Gasteiger partial charge in [-0.1, -0.05) is 48.5 Å². The van der Waals surface area contributed by atoms with Crippen molar-refractivity contribution in [2.75, 3.05) is 5.32 Å². The number of aryl methyl sites for hydroxylation is 1. The van der Waals surface area contributed by atoms with Crippen LogP contribution in [0.4, 0.5) is 11.4 Å². The zero-order valence-electron chi connectivity index (χ0n) is 23.6. The quantitative estimate of drug-likeness (QED) is 0.157. The summed E-state index contributed by atoms with van der Waals surface area (Å²) in [6.45, 7) is 12.2. The Morgan fingerprint density at radius 3 is 2.52 bits per heavy atom. The number of carboxylic acids is 1. The van der Waals surface area contributed by atoms with Gasteiger partial charge in [0.1, 0.15) is 18.4 Å². The van der Waals surface area contributed by atoms with Gasteiger partial charge in [0, 0.05) is 42.8 Å². The Bertz CT molecular complexity index is 1620. The van der Waals surface area contributed by atoms with Gasteiger partial charge in [0.25, 0.3) is 0 Å². The van der Waals surface area contributed by atoms with Gasteiger partial charge in [-0.3, -0.25) is 19.9 Å². The molecule has 0 saturated heterocycles. The fourth-order valence-corrected chi connectivity index (χ4v) is 4.66. The molecule has 4 aromatic rings. The minimum Gasteiger partial charge on any atom is -0.488 e. The lowest BCUT2D eigenvalue weighted by Gasteiger charge is -2.19. The number of carbonyl (C=O) groups excluding carboxylic acids is 1. The van der Waals surface area contributed by atoms with E-state index in [0.717, 1.165) is 27.9 Å². The fraction of sp³-hybridized carbons (Fsp3) is 0.212. The Kier molecular flexibility index (Phi) is 9.87. The van der Waals surface area contributed by atoms with Crippen molar-refractivity contribution in [1.29, 1.82) is 0 Å². The molecule has 1 amide bonds. The molecule has 3 aromatic carbocycles. The van der Waals surface area contributed by atoms with Gasteiger partial charge in [-0.2, -0.15) is 0 Å². The highest BCUT2D eigenvalue weighted by molar-refractivity contribution is 5.83. The number of aromatic nitrogens is 1. The second kappa shape index (κ2) is 13.9. The first kappa shape index (κ1) is 29.8. The molecular weight excluding hydrogens is 530 g/mol. The lowest BCUT2D eigenvalue weighted by molar-refractivity contribution is -0.141. The summed E-state index contributed by atoms with van der Waals surface area (Å²) in [5.41, 5.74) is 13.6. The summed E-state index contributed by atoms with van der Waals surface area (Å²) in [6, 6.07) is 20.9. The number of hydrogen-bond donors (Lipinski definition) is 4. The maximum Gasteiger partial charge on any atom is 0.321 e. The van der Waals surface area contributed by atoms with Crippen molar-refractivity contribution in [2.45, 2.75) is 46.0 Å². The van der Waals surface area contributed by atoms with Crippen molar-refractivity contribution in [2.24, 2.45) is 5.73 Å². The first-order valence-corrected chi connectivity index (χ1v) is 13.4. The third-order valence-electron chi connectivity index (χ3n) is 6.95. The molecule has 42 heavy (non-hydrogen) atoms. The monoisotopic (exact) mass is 563 g/mol. The summed E-state index contributed by atoms with van der Waals surface area (Å²) < 4.78 is 6.18. The van der Waals surface area contributed by atoms with E-state index in [2.05, 4.69) is 57.7 Å². The van der Waals surface area contributed by atoms with Crippen molar-refractivity contribution >= 4 is 23.3 Å². The molecule has 0 saturated carbocycles. The van der Waals surface area contributed by atoms with E-state index in [9.17, 15) is 14.7 Å². The van der Waals surface area contributed by atoms with Crippen LogP contribution in [-0.2, 0) is 29.3 Å². The number of pyridine rings is 1. The summed E-state index contributed by atoms with van der Waals surface area (Å²) in [5, 5.41) is 16.0. The highest BCUT2D eigenvalue weighted by atomic mass is 16.5. The van der Waals surface area contributed by atoms with Gasteiger partial charge in [-0.05, 0) is 59.4 Å². The van der Waals surface area contributed by atoms with Crippen LogP contribution >= 0.6 is 0 Å². The van der Waals surface area contributed by atoms with Crippen molar-refractivity contribution < 1.29 is 19.4 Å². The zero-order valence-corrected chi connectivity index (χ0v) is 23.6. The van der Waals surface area contributed by atoms with Gasteiger partial charge in [0.2, 0.25) is 11.6 Å². The molecule has 1 heterocycles. The molecule has 0 spiro atoms. The van der Waals surface area contributed by atoms with Crippen LogP contribution < -0.4 is 21.1 Å². The Morgan fingerprint density at radius 1 is 1.02 bits per heavy atom. The molecule has 0 fully saturated rings.